The van der Waals surface area contributed by atoms with E-state index in [1.165, 1.54) is 0 Å². The van der Waals surface area contributed by atoms with Gasteiger partial charge in [-0.05, 0) is 31.7 Å². The van der Waals surface area contributed by atoms with Gasteiger partial charge >= 0.3 is 0 Å². The molecule has 0 rings (SSSR count). The molecule has 90 valence electrons. The zero-order chi connectivity index (χ0) is 11.9. The van der Waals surface area contributed by atoms with Crippen LogP contribution in [0.1, 0.15) is 40.0 Å². The van der Waals surface area contributed by atoms with Gasteiger partial charge in [0, 0.05) is 13.0 Å². The minimum Gasteiger partial charge on any atom is -0.392 e. The highest BCUT2D eigenvalue weighted by atomic mass is 16.3. The Morgan fingerprint density at radius 1 is 1.47 bits per heavy atom. The Bertz CT molecular complexity index is 191. The zero-order valence-electron chi connectivity index (χ0n) is 10.0. The van der Waals surface area contributed by atoms with Crippen LogP contribution in [0.25, 0.3) is 0 Å². The van der Waals surface area contributed by atoms with E-state index in [4.69, 9.17) is 10.8 Å². The van der Waals surface area contributed by atoms with Gasteiger partial charge < -0.3 is 16.2 Å². The summed E-state index contributed by atoms with van der Waals surface area (Å²) in [6.45, 7) is 6.86. The molecule has 4 nitrogen and oxygen atoms in total. The van der Waals surface area contributed by atoms with Gasteiger partial charge in [0.2, 0.25) is 5.91 Å². The maximum Gasteiger partial charge on any atom is 0.220 e. The molecule has 0 aliphatic rings. The molecular weight excluding hydrogens is 192 g/mol. The Hall–Kier alpha value is -0.610. The van der Waals surface area contributed by atoms with E-state index in [1.54, 1.807) is 6.92 Å². The number of hydrogen-bond acceptors (Lipinski definition) is 3. The van der Waals surface area contributed by atoms with Crippen LogP contribution in [0.2, 0.25) is 0 Å². The fraction of sp³-hybridized carbons (Fsp3) is 0.909. The van der Waals surface area contributed by atoms with Crippen molar-refractivity contribution in [2.24, 2.45) is 11.1 Å². The molecule has 0 aromatic rings. The fourth-order valence-electron chi connectivity index (χ4n) is 1.32. The number of amides is 1. The van der Waals surface area contributed by atoms with Gasteiger partial charge in [0.25, 0.3) is 0 Å². The lowest BCUT2D eigenvalue weighted by Crippen LogP contribution is -2.31. The lowest BCUT2D eigenvalue weighted by atomic mass is 9.84. The minimum absolute atomic E-state index is 0.000923. The van der Waals surface area contributed by atoms with Crippen molar-refractivity contribution in [2.75, 3.05) is 13.1 Å². The summed E-state index contributed by atoms with van der Waals surface area (Å²) in [7, 11) is 0. The van der Waals surface area contributed by atoms with Crippen LogP contribution in [0, 0.1) is 5.41 Å². The predicted octanol–water partition coefficient (Wildman–Crippen LogP) is 0.639. The highest BCUT2D eigenvalue weighted by Gasteiger charge is 2.18. The summed E-state index contributed by atoms with van der Waals surface area (Å²) in [6.07, 6.45) is 1.78. The number of carbonyl (C=O) groups excluding carboxylic acids is 1. The summed E-state index contributed by atoms with van der Waals surface area (Å²) in [6, 6.07) is 0. The molecule has 0 spiro atoms. The molecule has 0 heterocycles. The Morgan fingerprint density at radius 2 is 2.07 bits per heavy atom. The molecule has 15 heavy (non-hydrogen) atoms. The Kier molecular flexibility index (Phi) is 6.52. The van der Waals surface area contributed by atoms with E-state index in [1.807, 2.05) is 0 Å². The highest BCUT2D eigenvalue weighted by molar-refractivity contribution is 5.75. The van der Waals surface area contributed by atoms with Crippen LogP contribution in [0.3, 0.4) is 0 Å². The Balaban J connectivity index is 3.70. The fourth-order valence-corrected chi connectivity index (χ4v) is 1.32. The first kappa shape index (κ1) is 14.4. The second kappa shape index (κ2) is 6.80. The average Bonchev–Trinajstić information content (AvgIpc) is 2.11. The summed E-state index contributed by atoms with van der Waals surface area (Å²) in [5.74, 6) is 0.000923. The molecule has 0 aliphatic heterocycles. The zero-order valence-corrected chi connectivity index (χ0v) is 10.0. The standard InChI is InChI=1S/C11H24N2O2/c1-9(14)8-13-10(15)4-5-11(2,3)6-7-12/h9,14H,4-8,12H2,1-3H3,(H,13,15)/t9-/m0/s1. The van der Waals surface area contributed by atoms with Crippen LogP contribution in [-0.4, -0.2) is 30.2 Å². The van der Waals surface area contributed by atoms with Gasteiger partial charge in [0.15, 0.2) is 0 Å². The molecule has 1 atom stereocenters. The molecule has 0 saturated heterocycles. The summed E-state index contributed by atoms with van der Waals surface area (Å²) in [5.41, 5.74) is 5.61. The lowest BCUT2D eigenvalue weighted by Gasteiger charge is -2.23. The average molecular weight is 216 g/mol. The van der Waals surface area contributed by atoms with Crippen molar-refractivity contribution < 1.29 is 9.90 Å². The highest BCUT2D eigenvalue weighted by Crippen LogP contribution is 2.25. The first-order chi connectivity index (χ1) is 6.87. The smallest absolute Gasteiger partial charge is 0.220 e. The molecule has 0 bridgehead atoms. The van der Waals surface area contributed by atoms with Crippen molar-refractivity contribution in [1.82, 2.24) is 5.32 Å². The maximum atomic E-state index is 11.3. The molecule has 1 amide bonds. The maximum absolute atomic E-state index is 11.3. The van der Waals surface area contributed by atoms with E-state index in [2.05, 4.69) is 19.2 Å². The number of carbonyl (C=O) groups is 1. The van der Waals surface area contributed by atoms with Crippen LogP contribution >= 0.6 is 0 Å². The quantitative estimate of drug-likeness (QED) is 0.584. The molecule has 0 aromatic heterocycles. The number of hydrogen-bond donors (Lipinski definition) is 3. The minimum atomic E-state index is -0.481. The molecule has 0 aromatic carbocycles. The van der Waals surface area contributed by atoms with Crippen molar-refractivity contribution in [3.05, 3.63) is 0 Å². The van der Waals surface area contributed by atoms with Crippen molar-refractivity contribution >= 4 is 5.91 Å². The molecular formula is C11H24N2O2. The van der Waals surface area contributed by atoms with E-state index in [0.717, 1.165) is 12.8 Å². The topological polar surface area (TPSA) is 75.3 Å². The Labute approximate surface area is 92.2 Å². The second-order valence-corrected chi connectivity index (χ2v) is 4.86. The van der Waals surface area contributed by atoms with E-state index in [-0.39, 0.29) is 11.3 Å². The van der Waals surface area contributed by atoms with Crippen LogP contribution in [0.15, 0.2) is 0 Å². The van der Waals surface area contributed by atoms with Crippen LogP contribution in [0.4, 0.5) is 0 Å². The normalized spacial score (nSPS) is 13.7. The number of nitrogens with two attached hydrogens (primary N) is 1. The number of aliphatic hydroxyl groups excluding tert-OH is 1. The first-order valence-electron chi connectivity index (χ1n) is 5.52. The summed E-state index contributed by atoms with van der Waals surface area (Å²) < 4.78 is 0. The van der Waals surface area contributed by atoms with Gasteiger partial charge in [0.1, 0.15) is 0 Å². The first-order valence-corrected chi connectivity index (χ1v) is 5.52. The van der Waals surface area contributed by atoms with Gasteiger partial charge in [-0.1, -0.05) is 13.8 Å². The van der Waals surface area contributed by atoms with E-state index < -0.39 is 6.10 Å². The third kappa shape index (κ3) is 8.39. The van der Waals surface area contributed by atoms with E-state index in [0.29, 0.717) is 19.5 Å². The van der Waals surface area contributed by atoms with Crippen LogP contribution in [-0.2, 0) is 4.79 Å². The molecule has 4 N–H and O–H groups in total. The number of aliphatic hydroxyl groups is 1. The molecule has 0 radical (unpaired) electrons. The summed E-state index contributed by atoms with van der Waals surface area (Å²) >= 11 is 0. The monoisotopic (exact) mass is 216 g/mol. The van der Waals surface area contributed by atoms with Gasteiger partial charge in [-0.25, -0.2) is 0 Å². The van der Waals surface area contributed by atoms with Crippen LogP contribution in [0.5, 0.6) is 0 Å². The van der Waals surface area contributed by atoms with Crippen molar-refractivity contribution in [3.8, 4) is 0 Å². The number of rotatable bonds is 7. The molecule has 0 unspecified atom stereocenters. The molecule has 0 saturated carbocycles. The van der Waals surface area contributed by atoms with Crippen molar-refractivity contribution in [3.63, 3.8) is 0 Å². The third-order valence-electron chi connectivity index (χ3n) is 2.44. The predicted molar refractivity (Wildman–Crippen MR) is 61.4 cm³/mol. The molecule has 0 fully saturated rings. The summed E-state index contributed by atoms with van der Waals surface area (Å²) in [4.78, 5) is 11.3. The van der Waals surface area contributed by atoms with Gasteiger partial charge in [-0.15, -0.1) is 0 Å². The number of nitrogens with one attached hydrogen (secondary N) is 1. The molecule has 0 aliphatic carbocycles. The summed E-state index contributed by atoms with van der Waals surface area (Å²) in [5, 5.41) is 11.7. The Morgan fingerprint density at radius 3 is 2.53 bits per heavy atom. The van der Waals surface area contributed by atoms with Gasteiger partial charge in [-0.3, -0.25) is 4.79 Å². The third-order valence-corrected chi connectivity index (χ3v) is 2.44. The van der Waals surface area contributed by atoms with Crippen molar-refractivity contribution in [2.45, 2.75) is 46.1 Å². The lowest BCUT2D eigenvalue weighted by molar-refractivity contribution is -0.122. The van der Waals surface area contributed by atoms with Crippen molar-refractivity contribution in [1.29, 1.82) is 0 Å². The van der Waals surface area contributed by atoms with Crippen LogP contribution < -0.4 is 11.1 Å². The van der Waals surface area contributed by atoms with Gasteiger partial charge in [0.05, 0.1) is 6.10 Å². The largest absolute Gasteiger partial charge is 0.392 e. The molecule has 4 heteroatoms. The SMILES string of the molecule is C[C@H](O)CNC(=O)CCC(C)(C)CCN. The van der Waals surface area contributed by atoms with E-state index >= 15 is 0 Å². The van der Waals surface area contributed by atoms with Gasteiger partial charge in [-0.2, -0.15) is 0 Å². The van der Waals surface area contributed by atoms with E-state index in [9.17, 15) is 4.79 Å². The second-order valence-electron chi connectivity index (χ2n) is 4.86.